The average molecular weight is 240 g/mol. The molecule has 0 unspecified atom stereocenters. The molecule has 0 bridgehead atoms. The maximum absolute atomic E-state index is 12.1. The van der Waals surface area contributed by atoms with E-state index in [9.17, 15) is 4.79 Å². The van der Waals surface area contributed by atoms with E-state index < -0.39 is 0 Å². The van der Waals surface area contributed by atoms with Gasteiger partial charge in [-0.2, -0.15) is 0 Å². The van der Waals surface area contributed by atoms with E-state index in [1.54, 1.807) is 0 Å². The summed E-state index contributed by atoms with van der Waals surface area (Å²) in [7, 11) is 0. The van der Waals surface area contributed by atoms with Crippen LogP contribution in [-0.2, 0) is 4.79 Å². The zero-order chi connectivity index (χ0) is 13.1. The van der Waals surface area contributed by atoms with Gasteiger partial charge in [0.2, 0.25) is 5.91 Å². The van der Waals surface area contributed by atoms with Crippen LogP contribution < -0.4 is 5.32 Å². The van der Waals surface area contributed by atoms with Crippen LogP contribution in [0.5, 0.6) is 0 Å². The van der Waals surface area contributed by atoms with Crippen LogP contribution in [0.4, 0.5) is 0 Å². The SMILES string of the molecule is C[C@@H](CC(=O)N1CCN[C@H](C)C1)CC(C)(C)C. The molecule has 0 saturated carbocycles. The normalized spacial score (nSPS) is 23.6. The van der Waals surface area contributed by atoms with Crippen molar-refractivity contribution in [2.45, 2.75) is 53.5 Å². The number of carbonyl (C=O) groups excluding carboxylic acids is 1. The third-order valence-electron chi connectivity index (χ3n) is 3.21. The summed E-state index contributed by atoms with van der Waals surface area (Å²) < 4.78 is 0. The lowest BCUT2D eigenvalue weighted by atomic mass is 9.84. The van der Waals surface area contributed by atoms with E-state index in [-0.39, 0.29) is 0 Å². The number of nitrogens with one attached hydrogen (secondary N) is 1. The molecular weight excluding hydrogens is 212 g/mol. The molecule has 2 atom stereocenters. The summed E-state index contributed by atoms with van der Waals surface area (Å²) in [6, 6.07) is 0.436. The molecule has 1 saturated heterocycles. The molecule has 0 aromatic carbocycles. The highest BCUT2D eigenvalue weighted by atomic mass is 16.2. The molecule has 3 nitrogen and oxygen atoms in total. The van der Waals surface area contributed by atoms with Crippen LogP contribution in [0.15, 0.2) is 0 Å². The highest BCUT2D eigenvalue weighted by molar-refractivity contribution is 5.76. The molecule has 1 amide bonds. The number of hydrogen-bond acceptors (Lipinski definition) is 2. The first-order valence-corrected chi connectivity index (χ1v) is 6.79. The van der Waals surface area contributed by atoms with E-state index in [0.29, 0.717) is 29.7 Å². The second-order valence-corrected chi connectivity index (χ2v) is 6.77. The zero-order valence-electron chi connectivity index (χ0n) is 12.0. The molecule has 0 aliphatic carbocycles. The van der Waals surface area contributed by atoms with Gasteiger partial charge in [0.1, 0.15) is 0 Å². The molecule has 1 fully saturated rings. The smallest absolute Gasteiger partial charge is 0.222 e. The van der Waals surface area contributed by atoms with Crippen molar-refractivity contribution in [2.75, 3.05) is 19.6 Å². The molecule has 100 valence electrons. The standard InChI is InChI=1S/C14H28N2O/c1-11(9-14(3,4)5)8-13(17)16-7-6-15-12(2)10-16/h11-12,15H,6-10H2,1-5H3/t11-,12+/m0/s1. The summed E-state index contributed by atoms with van der Waals surface area (Å²) in [5.74, 6) is 0.808. The monoisotopic (exact) mass is 240 g/mol. The van der Waals surface area contributed by atoms with Crippen molar-refractivity contribution in [3.63, 3.8) is 0 Å². The Hall–Kier alpha value is -0.570. The van der Waals surface area contributed by atoms with Gasteiger partial charge in [-0.15, -0.1) is 0 Å². The Kier molecular flexibility index (Phi) is 4.99. The van der Waals surface area contributed by atoms with Crippen LogP contribution in [0.3, 0.4) is 0 Å². The Morgan fingerprint density at radius 3 is 2.65 bits per heavy atom. The van der Waals surface area contributed by atoms with E-state index >= 15 is 0 Å². The largest absolute Gasteiger partial charge is 0.340 e. The Balaban J connectivity index is 2.38. The van der Waals surface area contributed by atoms with Crippen molar-refractivity contribution >= 4 is 5.91 Å². The van der Waals surface area contributed by atoms with Crippen LogP contribution >= 0.6 is 0 Å². The Bertz CT molecular complexity index is 257. The van der Waals surface area contributed by atoms with Crippen molar-refractivity contribution in [3.05, 3.63) is 0 Å². The number of nitrogens with zero attached hydrogens (tertiary/aromatic N) is 1. The molecule has 1 aliphatic heterocycles. The first-order valence-electron chi connectivity index (χ1n) is 6.79. The van der Waals surface area contributed by atoms with Gasteiger partial charge in [0.05, 0.1) is 0 Å². The number of amides is 1. The minimum atomic E-state index is 0.316. The molecule has 17 heavy (non-hydrogen) atoms. The maximum Gasteiger partial charge on any atom is 0.222 e. The highest BCUT2D eigenvalue weighted by Gasteiger charge is 2.23. The fraction of sp³-hybridized carbons (Fsp3) is 0.929. The highest BCUT2D eigenvalue weighted by Crippen LogP contribution is 2.26. The second-order valence-electron chi connectivity index (χ2n) is 6.77. The zero-order valence-corrected chi connectivity index (χ0v) is 12.0. The lowest BCUT2D eigenvalue weighted by Gasteiger charge is -2.33. The molecule has 0 aromatic rings. The molecule has 0 radical (unpaired) electrons. The van der Waals surface area contributed by atoms with Crippen LogP contribution in [0.2, 0.25) is 0 Å². The Labute approximate surface area is 106 Å². The molecule has 1 aliphatic rings. The molecular formula is C14H28N2O. The summed E-state index contributed by atoms with van der Waals surface area (Å²) in [5.41, 5.74) is 0.316. The minimum absolute atomic E-state index is 0.316. The lowest BCUT2D eigenvalue weighted by Crippen LogP contribution is -2.51. The van der Waals surface area contributed by atoms with Gasteiger partial charge in [0, 0.05) is 32.1 Å². The maximum atomic E-state index is 12.1. The lowest BCUT2D eigenvalue weighted by molar-refractivity contribution is -0.133. The minimum Gasteiger partial charge on any atom is -0.340 e. The average Bonchev–Trinajstić information content (AvgIpc) is 2.14. The molecule has 1 heterocycles. The van der Waals surface area contributed by atoms with E-state index in [4.69, 9.17) is 0 Å². The predicted octanol–water partition coefficient (Wildman–Crippen LogP) is 2.27. The molecule has 1 N–H and O–H groups in total. The van der Waals surface area contributed by atoms with Crippen LogP contribution in [0.1, 0.15) is 47.5 Å². The Morgan fingerprint density at radius 2 is 2.12 bits per heavy atom. The predicted molar refractivity (Wildman–Crippen MR) is 71.9 cm³/mol. The third-order valence-corrected chi connectivity index (χ3v) is 3.21. The van der Waals surface area contributed by atoms with Gasteiger partial charge >= 0.3 is 0 Å². The van der Waals surface area contributed by atoms with Crippen molar-refractivity contribution in [1.82, 2.24) is 10.2 Å². The summed E-state index contributed by atoms with van der Waals surface area (Å²) in [6.07, 6.45) is 1.81. The number of rotatable bonds is 3. The fourth-order valence-corrected chi connectivity index (χ4v) is 2.70. The number of carbonyl (C=O) groups is 1. The topological polar surface area (TPSA) is 32.3 Å². The summed E-state index contributed by atoms with van der Waals surface area (Å²) in [4.78, 5) is 14.2. The van der Waals surface area contributed by atoms with Crippen molar-refractivity contribution < 1.29 is 4.79 Å². The van der Waals surface area contributed by atoms with Gasteiger partial charge in [-0.25, -0.2) is 0 Å². The van der Waals surface area contributed by atoms with Gasteiger partial charge in [0.15, 0.2) is 0 Å². The van der Waals surface area contributed by atoms with Crippen LogP contribution in [0, 0.1) is 11.3 Å². The Morgan fingerprint density at radius 1 is 1.47 bits per heavy atom. The first kappa shape index (κ1) is 14.5. The van der Waals surface area contributed by atoms with Crippen molar-refractivity contribution in [1.29, 1.82) is 0 Å². The third kappa shape index (κ3) is 5.53. The van der Waals surface area contributed by atoms with E-state index in [1.807, 2.05) is 4.90 Å². The van der Waals surface area contributed by atoms with Gasteiger partial charge in [-0.3, -0.25) is 4.79 Å². The quantitative estimate of drug-likeness (QED) is 0.821. The molecule has 1 rings (SSSR count). The fourth-order valence-electron chi connectivity index (χ4n) is 2.70. The first-order chi connectivity index (χ1) is 7.78. The summed E-state index contributed by atoms with van der Waals surface area (Å²) >= 11 is 0. The van der Waals surface area contributed by atoms with Gasteiger partial charge in [-0.05, 0) is 24.7 Å². The van der Waals surface area contributed by atoms with Crippen LogP contribution in [0.25, 0.3) is 0 Å². The van der Waals surface area contributed by atoms with Gasteiger partial charge in [-0.1, -0.05) is 27.7 Å². The van der Waals surface area contributed by atoms with Gasteiger partial charge in [0.25, 0.3) is 0 Å². The molecule has 3 heteroatoms. The van der Waals surface area contributed by atoms with E-state index in [1.165, 1.54) is 0 Å². The van der Waals surface area contributed by atoms with Crippen molar-refractivity contribution in [3.8, 4) is 0 Å². The van der Waals surface area contributed by atoms with Crippen LogP contribution in [-0.4, -0.2) is 36.5 Å². The second kappa shape index (κ2) is 5.85. The summed E-state index contributed by atoms with van der Waals surface area (Å²) in [5, 5.41) is 3.36. The van der Waals surface area contributed by atoms with Crippen molar-refractivity contribution in [2.24, 2.45) is 11.3 Å². The summed E-state index contributed by atoms with van der Waals surface area (Å²) in [6.45, 7) is 13.7. The molecule has 0 spiro atoms. The number of piperazine rings is 1. The number of hydrogen-bond donors (Lipinski definition) is 1. The van der Waals surface area contributed by atoms with E-state index in [0.717, 1.165) is 26.1 Å². The van der Waals surface area contributed by atoms with E-state index in [2.05, 4.69) is 39.9 Å². The van der Waals surface area contributed by atoms with Gasteiger partial charge < -0.3 is 10.2 Å². The molecule has 0 aromatic heterocycles.